The van der Waals surface area contributed by atoms with Crippen molar-refractivity contribution in [2.24, 2.45) is 7.05 Å². The molecule has 0 atom stereocenters. The van der Waals surface area contributed by atoms with Gasteiger partial charge in [0.25, 0.3) is 0 Å². The standard InChI is InChI=1S/C19H16N2O2S/c1-3-16-15(10-20)17(18(19(22)23)21(16)2)13-6-4-12(5-7-13)14-8-9-24-11-14/h4-9,11H,3H2,1-2H3,(H,22,23). The third kappa shape index (κ3) is 2.51. The average molecular weight is 336 g/mol. The summed E-state index contributed by atoms with van der Waals surface area (Å²) in [6, 6.07) is 11.9. The lowest BCUT2D eigenvalue weighted by atomic mass is 9.98. The van der Waals surface area contributed by atoms with E-state index in [1.54, 1.807) is 23.0 Å². The van der Waals surface area contributed by atoms with Crippen molar-refractivity contribution in [3.8, 4) is 28.3 Å². The molecule has 24 heavy (non-hydrogen) atoms. The van der Waals surface area contributed by atoms with Gasteiger partial charge in [0.2, 0.25) is 0 Å². The Kier molecular flexibility index (Phi) is 4.24. The number of hydrogen-bond donors (Lipinski definition) is 1. The van der Waals surface area contributed by atoms with E-state index in [0.29, 0.717) is 17.5 Å². The minimum atomic E-state index is -1.02. The molecule has 1 aromatic carbocycles. The third-order valence-electron chi connectivity index (χ3n) is 4.19. The molecule has 1 N–H and O–H groups in total. The first-order valence-corrected chi connectivity index (χ1v) is 8.50. The largest absolute Gasteiger partial charge is 0.477 e. The highest BCUT2D eigenvalue weighted by molar-refractivity contribution is 7.08. The fourth-order valence-electron chi connectivity index (χ4n) is 3.06. The lowest BCUT2D eigenvalue weighted by Crippen LogP contribution is -2.07. The number of hydrogen-bond acceptors (Lipinski definition) is 3. The van der Waals surface area contributed by atoms with Gasteiger partial charge >= 0.3 is 5.97 Å². The van der Waals surface area contributed by atoms with E-state index in [9.17, 15) is 15.2 Å². The SMILES string of the molecule is CCc1c(C#N)c(-c2ccc(-c3ccsc3)cc2)c(C(=O)O)n1C. The van der Waals surface area contributed by atoms with Crippen LogP contribution < -0.4 is 0 Å². The van der Waals surface area contributed by atoms with Crippen molar-refractivity contribution in [2.45, 2.75) is 13.3 Å². The lowest BCUT2D eigenvalue weighted by molar-refractivity contribution is 0.0687. The van der Waals surface area contributed by atoms with Gasteiger partial charge in [0, 0.05) is 18.3 Å². The van der Waals surface area contributed by atoms with Crippen LogP contribution in [0.5, 0.6) is 0 Å². The normalized spacial score (nSPS) is 10.5. The number of aromatic nitrogens is 1. The predicted octanol–water partition coefficient (Wildman–Crippen LogP) is 4.55. The van der Waals surface area contributed by atoms with Gasteiger partial charge in [-0.1, -0.05) is 31.2 Å². The van der Waals surface area contributed by atoms with E-state index in [-0.39, 0.29) is 5.69 Å². The molecular formula is C19H16N2O2S. The molecule has 0 radical (unpaired) electrons. The molecule has 3 aromatic rings. The van der Waals surface area contributed by atoms with Crippen LogP contribution in [0.1, 0.15) is 28.7 Å². The molecule has 2 aromatic heterocycles. The van der Waals surface area contributed by atoms with Crippen molar-refractivity contribution in [3.05, 3.63) is 58.0 Å². The summed E-state index contributed by atoms with van der Waals surface area (Å²) >= 11 is 1.63. The number of benzene rings is 1. The molecule has 0 fully saturated rings. The quantitative estimate of drug-likeness (QED) is 0.760. The van der Waals surface area contributed by atoms with E-state index < -0.39 is 5.97 Å². The van der Waals surface area contributed by atoms with Crippen LogP contribution in [-0.4, -0.2) is 15.6 Å². The van der Waals surface area contributed by atoms with Gasteiger partial charge in [0.1, 0.15) is 11.8 Å². The van der Waals surface area contributed by atoms with Gasteiger partial charge in [-0.25, -0.2) is 4.79 Å². The number of carboxylic acids is 1. The molecule has 0 aliphatic heterocycles. The molecule has 0 saturated carbocycles. The number of carbonyl (C=O) groups is 1. The monoisotopic (exact) mass is 336 g/mol. The summed E-state index contributed by atoms with van der Waals surface area (Å²) < 4.78 is 1.61. The Morgan fingerprint density at radius 2 is 1.88 bits per heavy atom. The third-order valence-corrected chi connectivity index (χ3v) is 4.88. The molecule has 5 heteroatoms. The highest BCUT2D eigenvalue weighted by atomic mass is 32.1. The molecule has 0 saturated heterocycles. The zero-order valence-corrected chi connectivity index (χ0v) is 14.2. The number of thiophene rings is 1. The number of nitriles is 1. The van der Waals surface area contributed by atoms with Crippen molar-refractivity contribution in [2.75, 3.05) is 0 Å². The van der Waals surface area contributed by atoms with Crippen LogP contribution in [0.3, 0.4) is 0 Å². The van der Waals surface area contributed by atoms with E-state index in [0.717, 1.165) is 22.4 Å². The molecule has 3 rings (SSSR count). The smallest absolute Gasteiger partial charge is 0.353 e. The fourth-order valence-corrected chi connectivity index (χ4v) is 3.72. The van der Waals surface area contributed by atoms with Crippen LogP contribution in [0.25, 0.3) is 22.3 Å². The molecule has 120 valence electrons. The molecular weight excluding hydrogens is 320 g/mol. The Balaban J connectivity index is 2.19. The zero-order valence-electron chi connectivity index (χ0n) is 13.4. The molecule has 2 heterocycles. The van der Waals surface area contributed by atoms with E-state index in [4.69, 9.17) is 0 Å². The number of aromatic carboxylic acids is 1. The van der Waals surface area contributed by atoms with Gasteiger partial charge in [-0.15, -0.1) is 0 Å². The number of carboxylic acid groups (broad SMARTS) is 1. The maximum atomic E-state index is 11.7. The highest BCUT2D eigenvalue weighted by Crippen LogP contribution is 2.34. The summed E-state index contributed by atoms with van der Waals surface area (Å²) in [5, 5.41) is 23.3. The first-order chi connectivity index (χ1) is 11.6. The van der Waals surface area contributed by atoms with E-state index >= 15 is 0 Å². The zero-order chi connectivity index (χ0) is 17.3. The first-order valence-electron chi connectivity index (χ1n) is 7.56. The second kappa shape index (κ2) is 6.34. The van der Waals surface area contributed by atoms with Crippen molar-refractivity contribution < 1.29 is 9.90 Å². The molecule has 4 nitrogen and oxygen atoms in total. The first kappa shape index (κ1) is 16.0. The maximum Gasteiger partial charge on any atom is 0.353 e. The summed E-state index contributed by atoms with van der Waals surface area (Å²) in [7, 11) is 1.70. The minimum Gasteiger partial charge on any atom is -0.477 e. The van der Waals surface area contributed by atoms with E-state index in [2.05, 4.69) is 11.4 Å². The molecule has 0 spiro atoms. The number of rotatable bonds is 4. The van der Waals surface area contributed by atoms with Crippen LogP contribution in [0.4, 0.5) is 0 Å². The summed E-state index contributed by atoms with van der Waals surface area (Å²) in [4.78, 5) is 11.7. The Hall–Kier alpha value is -2.84. The van der Waals surface area contributed by atoms with Gasteiger partial charge in [0.05, 0.1) is 5.56 Å². The number of nitrogens with zero attached hydrogens (tertiary/aromatic N) is 2. The van der Waals surface area contributed by atoms with E-state index in [1.165, 1.54) is 0 Å². The van der Waals surface area contributed by atoms with Crippen molar-refractivity contribution in [1.82, 2.24) is 4.57 Å². The fraction of sp³-hybridized carbons (Fsp3) is 0.158. The minimum absolute atomic E-state index is 0.159. The Morgan fingerprint density at radius 3 is 2.38 bits per heavy atom. The molecule has 0 aliphatic rings. The Morgan fingerprint density at radius 1 is 1.21 bits per heavy atom. The average Bonchev–Trinajstić information content (AvgIpc) is 3.20. The molecule has 0 aliphatic carbocycles. The van der Waals surface area contributed by atoms with Gasteiger partial charge in [-0.2, -0.15) is 16.6 Å². The second-order valence-electron chi connectivity index (χ2n) is 5.46. The summed E-state index contributed by atoms with van der Waals surface area (Å²) in [6.07, 6.45) is 0.604. The summed E-state index contributed by atoms with van der Waals surface area (Å²) in [6.45, 7) is 1.92. The highest BCUT2D eigenvalue weighted by Gasteiger charge is 2.25. The van der Waals surface area contributed by atoms with Crippen molar-refractivity contribution in [3.63, 3.8) is 0 Å². The van der Waals surface area contributed by atoms with Crippen LogP contribution in [0, 0.1) is 11.3 Å². The van der Waals surface area contributed by atoms with Gasteiger partial charge in [-0.05, 0) is 39.9 Å². The van der Waals surface area contributed by atoms with E-state index in [1.807, 2.05) is 42.6 Å². The molecule has 0 amide bonds. The van der Waals surface area contributed by atoms with Crippen LogP contribution >= 0.6 is 11.3 Å². The van der Waals surface area contributed by atoms with Gasteiger partial charge in [0.15, 0.2) is 0 Å². The lowest BCUT2D eigenvalue weighted by Gasteiger charge is -2.05. The van der Waals surface area contributed by atoms with Crippen LogP contribution in [0.2, 0.25) is 0 Å². The second-order valence-corrected chi connectivity index (χ2v) is 6.24. The van der Waals surface area contributed by atoms with Crippen LogP contribution in [0.15, 0.2) is 41.1 Å². The Bertz CT molecular complexity index is 929. The Labute approximate surface area is 144 Å². The molecule has 0 bridgehead atoms. The van der Waals surface area contributed by atoms with Crippen LogP contribution in [-0.2, 0) is 13.5 Å². The van der Waals surface area contributed by atoms with Crippen molar-refractivity contribution in [1.29, 1.82) is 5.26 Å². The topological polar surface area (TPSA) is 66.0 Å². The van der Waals surface area contributed by atoms with Crippen molar-refractivity contribution >= 4 is 17.3 Å². The maximum absolute atomic E-state index is 11.7. The summed E-state index contributed by atoms with van der Waals surface area (Å²) in [5.74, 6) is -1.02. The predicted molar refractivity (Wildman–Crippen MR) is 95.2 cm³/mol. The molecule has 0 unspecified atom stereocenters. The summed E-state index contributed by atoms with van der Waals surface area (Å²) in [5.41, 5.74) is 4.80. The van der Waals surface area contributed by atoms with Gasteiger partial charge < -0.3 is 9.67 Å². The van der Waals surface area contributed by atoms with Gasteiger partial charge in [-0.3, -0.25) is 0 Å².